The number of hydrogen-bond donors (Lipinski definition) is 1. The van der Waals surface area contributed by atoms with Gasteiger partial charge in [0.15, 0.2) is 11.8 Å². The Morgan fingerprint density at radius 3 is 2.58 bits per heavy atom. The smallest absolute Gasteiger partial charge is 0.254 e. The maximum atomic E-state index is 12.4. The van der Waals surface area contributed by atoms with Gasteiger partial charge in [0.1, 0.15) is 29.3 Å². The number of ether oxygens (including phenoxy) is 2. The fraction of sp³-hybridized carbons (Fsp3) is 0.250. The second-order valence-electron chi connectivity index (χ2n) is 8.24. The summed E-state index contributed by atoms with van der Waals surface area (Å²) in [7, 11) is 0. The normalized spacial score (nSPS) is 19.7. The number of epoxide rings is 1. The van der Waals surface area contributed by atoms with Gasteiger partial charge < -0.3 is 20.1 Å². The Labute approximate surface area is 189 Å². The molecule has 2 N–H and O–H groups in total. The highest BCUT2D eigenvalue weighted by molar-refractivity contribution is 5.98. The summed E-state index contributed by atoms with van der Waals surface area (Å²) in [6.45, 7) is 1.76. The van der Waals surface area contributed by atoms with E-state index in [2.05, 4.69) is 9.97 Å². The fourth-order valence-corrected chi connectivity index (χ4v) is 4.29. The van der Waals surface area contributed by atoms with Crippen LogP contribution in [0, 0.1) is 0 Å². The van der Waals surface area contributed by atoms with E-state index in [1.165, 1.54) is 6.33 Å². The minimum Gasteiger partial charge on any atom is -0.457 e. The summed E-state index contributed by atoms with van der Waals surface area (Å²) in [6, 6.07) is 17.3. The Bertz CT molecular complexity index is 1320. The monoisotopic (exact) mass is 442 g/mol. The lowest BCUT2D eigenvalue weighted by atomic mass is 10.1. The van der Waals surface area contributed by atoms with Crippen molar-refractivity contribution in [1.82, 2.24) is 24.6 Å². The van der Waals surface area contributed by atoms with Crippen LogP contribution in [0.5, 0.6) is 11.5 Å². The number of para-hydroxylation sites is 1. The number of rotatable bonds is 5. The summed E-state index contributed by atoms with van der Waals surface area (Å²) in [5.41, 5.74) is 8.52. The third-order valence-electron chi connectivity index (χ3n) is 6.05. The maximum absolute atomic E-state index is 12.4. The lowest BCUT2D eigenvalue weighted by Gasteiger charge is -2.15. The summed E-state index contributed by atoms with van der Waals surface area (Å²) in [5, 5.41) is 5.61. The molecule has 0 saturated carbocycles. The molecule has 0 aliphatic carbocycles. The van der Waals surface area contributed by atoms with Crippen LogP contribution in [-0.4, -0.2) is 56.4 Å². The van der Waals surface area contributed by atoms with Crippen molar-refractivity contribution in [3.63, 3.8) is 0 Å². The number of carbonyl (C=O) groups is 1. The Kier molecular flexibility index (Phi) is 4.69. The van der Waals surface area contributed by atoms with Crippen LogP contribution in [0.3, 0.4) is 0 Å². The third-order valence-corrected chi connectivity index (χ3v) is 6.05. The first kappa shape index (κ1) is 19.7. The second kappa shape index (κ2) is 7.86. The van der Waals surface area contributed by atoms with E-state index in [0.29, 0.717) is 42.2 Å². The molecule has 1 amide bonds. The zero-order valence-corrected chi connectivity index (χ0v) is 17.8. The minimum absolute atomic E-state index is 0.0129. The number of fused-ring (bicyclic) bond motifs is 1. The van der Waals surface area contributed by atoms with Crippen molar-refractivity contribution in [1.29, 1.82) is 0 Å². The lowest BCUT2D eigenvalue weighted by molar-refractivity contribution is -0.131. The molecule has 6 rings (SSSR count). The van der Waals surface area contributed by atoms with E-state index < -0.39 is 0 Å². The molecule has 2 aliphatic heterocycles. The average Bonchev–Trinajstić information content (AvgIpc) is 3.44. The zero-order valence-electron chi connectivity index (χ0n) is 17.8. The first-order valence-electron chi connectivity index (χ1n) is 10.9. The highest BCUT2D eigenvalue weighted by Gasteiger charge is 2.39. The van der Waals surface area contributed by atoms with Crippen molar-refractivity contribution >= 4 is 22.8 Å². The summed E-state index contributed by atoms with van der Waals surface area (Å²) in [6.07, 6.45) is 1.97. The Balaban J connectivity index is 1.32. The van der Waals surface area contributed by atoms with Gasteiger partial charge >= 0.3 is 0 Å². The van der Waals surface area contributed by atoms with Gasteiger partial charge in [-0.15, -0.1) is 0 Å². The molecule has 2 aliphatic rings. The Hall–Kier alpha value is -3.98. The van der Waals surface area contributed by atoms with Crippen LogP contribution in [0.4, 0.5) is 5.82 Å². The molecule has 4 heterocycles. The SMILES string of the molecule is Nc1ncnc2c1c(-c1ccc(Oc3ccccc3)cc1)nn2[C@@H]1CCN(C(=O)[C@H]2CO2)C1. The Morgan fingerprint density at radius 1 is 1.06 bits per heavy atom. The summed E-state index contributed by atoms with van der Waals surface area (Å²) in [4.78, 5) is 22.9. The van der Waals surface area contributed by atoms with Crippen LogP contribution in [0.1, 0.15) is 12.5 Å². The van der Waals surface area contributed by atoms with Crippen LogP contribution in [-0.2, 0) is 9.53 Å². The highest BCUT2D eigenvalue weighted by atomic mass is 16.6. The number of carbonyl (C=O) groups excluding carboxylic acids is 1. The van der Waals surface area contributed by atoms with Crippen LogP contribution >= 0.6 is 0 Å². The number of amides is 1. The second-order valence-corrected chi connectivity index (χ2v) is 8.24. The molecule has 4 aromatic rings. The molecule has 0 spiro atoms. The van der Waals surface area contributed by atoms with Crippen LogP contribution < -0.4 is 10.5 Å². The molecule has 2 aromatic carbocycles. The van der Waals surface area contributed by atoms with Crippen molar-refractivity contribution in [3.05, 3.63) is 60.9 Å². The van der Waals surface area contributed by atoms with Crippen molar-refractivity contribution in [3.8, 4) is 22.8 Å². The van der Waals surface area contributed by atoms with Crippen LogP contribution in [0.15, 0.2) is 60.9 Å². The standard InChI is InChI=1S/C24H22N6O3/c25-22-20-21(15-6-8-18(9-7-15)33-17-4-2-1-3-5-17)28-30(23(20)27-14-26-22)16-10-11-29(12-16)24(31)19-13-32-19/h1-9,14,16,19H,10-13H2,(H2,25,26,27)/t16-,19-/m1/s1. The number of benzene rings is 2. The molecule has 0 unspecified atom stereocenters. The summed E-state index contributed by atoms with van der Waals surface area (Å²) >= 11 is 0. The topological polar surface area (TPSA) is 112 Å². The number of anilines is 1. The van der Waals surface area contributed by atoms with Crippen molar-refractivity contribution in [2.75, 3.05) is 25.4 Å². The lowest BCUT2D eigenvalue weighted by Crippen LogP contribution is -2.32. The van der Waals surface area contributed by atoms with E-state index in [-0.39, 0.29) is 18.1 Å². The van der Waals surface area contributed by atoms with Gasteiger partial charge in [0, 0.05) is 18.7 Å². The average molecular weight is 442 g/mol. The predicted octanol–water partition coefficient (Wildman–Crippen LogP) is 3.04. The van der Waals surface area contributed by atoms with E-state index >= 15 is 0 Å². The van der Waals surface area contributed by atoms with E-state index in [4.69, 9.17) is 20.3 Å². The van der Waals surface area contributed by atoms with Gasteiger partial charge in [-0.3, -0.25) is 4.79 Å². The van der Waals surface area contributed by atoms with E-state index in [1.807, 2.05) is 64.2 Å². The van der Waals surface area contributed by atoms with Gasteiger partial charge in [0.2, 0.25) is 0 Å². The number of hydrogen-bond acceptors (Lipinski definition) is 7. The Morgan fingerprint density at radius 2 is 1.82 bits per heavy atom. The molecule has 0 radical (unpaired) electrons. The quantitative estimate of drug-likeness (QED) is 0.473. The van der Waals surface area contributed by atoms with Crippen LogP contribution in [0.2, 0.25) is 0 Å². The van der Waals surface area contributed by atoms with Gasteiger partial charge in [-0.1, -0.05) is 18.2 Å². The molecule has 2 fully saturated rings. The summed E-state index contributed by atoms with van der Waals surface area (Å²) in [5.74, 6) is 1.93. The number of likely N-dealkylation sites (tertiary alicyclic amines) is 1. The largest absolute Gasteiger partial charge is 0.457 e. The van der Waals surface area contributed by atoms with Crippen molar-refractivity contribution in [2.24, 2.45) is 0 Å². The van der Waals surface area contributed by atoms with Crippen molar-refractivity contribution in [2.45, 2.75) is 18.6 Å². The van der Waals surface area contributed by atoms with Crippen molar-refractivity contribution < 1.29 is 14.3 Å². The molecule has 0 bridgehead atoms. The van der Waals surface area contributed by atoms with E-state index in [9.17, 15) is 4.79 Å². The molecular formula is C24H22N6O3. The number of aromatic nitrogens is 4. The molecule has 9 heteroatoms. The molecule has 33 heavy (non-hydrogen) atoms. The minimum atomic E-state index is -0.275. The van der Waals surface area contributed by atoms with Gasteiger partial charge in [0.25, 0.3) is 5.91 Å². The maximum Gasteiger partial charge on any atom is 0.254 e. The molecular weight excluding hydrogens is 420 g/mol. The van der Waals surface area contributed by atoms with E-state index in [1.54, 1.807) is 0 Å². The predicted molar refractivity (Wildman–Crippen MR) is 122 cm³/mol. The van der Waals surface area contributed by atoms with Gasteiger partial charge in [-0.05, 0) is 42.8 Å². The molecule has 166 valence electrons. The van der Waals surface area contributed by atoms with Gasteiger partial charge in [-0.25, -0.2) is 14.6 Å². The first-order valence-corrected chi connectivity index (χ1v) is 10.9. The van der Waals surface area contributed by atoms with Gasteiger partial charge in [-0.2, -0.15) is 5.10 Å². The number of nitrogens with two attached hydrogens (primary N) is 1. The molecule has 2 atom stereocenters. The third kappa shape index (κ3) is 3.66. The fourth-order valence-electron chi connectivity index (χ4n) is 4.29. The zero-order chi connectivity index (χ0) is 22.4. The number of nitrogens with zero attached hydrogens (tertiary/aromatic N) is 5. The first-order chi connectivity index (χ1) is 16.2. The van der Waals surface area contributed by atoms with Gasteiger partial charge in [0.05, 0.1) is 18.0 Å². The van der Waals surface area contributed by atoms with E-state index in [0.717, 1.165) is 23.5 Å². The summed E-state index contributed by atoms with van der Waals surface area (Å²) < 4.78 is 12.9. The molecule has 9 nitrogen and oxygen atoms in total. The van der Waals surface area contributed by atoms with Crippen LogP contribution in [0.25, 0.3) is 22.3 Å². The number of nitrogen functional groups attached to an aromatic ring is 1. The highest BCUT2D eigenvalue weighted by Crippen LogP contribution is 2.35. The molecule has 2 aromatic heterocycles. The molecule has 2 saturated heterocycles.